The van der Waals surface area contributed by atoms with Crippen molar-refractivity contribution in [1.82, 2.24) is 0 Å². The second-order valence-electron chi connectivity index (χ2n) is 4.47. The van der Waals surface area contributed by atoms with E-state index in [1.165, 1.54) is 0 Å². The molecule has 0 amide bonds. The van der Waals surface area contributed by atoms with Gasteiger partial charge in [-0.1, -0.05) is 0 Å². The number of hydrogen-bond donors (Lipinski definition) is 0. The van der Waals surface area contributed by atoms with E-state index < -0.39 is 21.5 Å². The highest BCUT2D eigenvalue weighted by Gasteiger charge is 2.56. The predicted molar refractivity (Wildman–Crippen MR) is 72.0 cm³/mol. The van der Waals surface area contributed by atoms with Crippen LogP contribution < -0.4 is 0 Å². The van der Waals surface area contributed by atoms with E-state index in [-0.39, 0.29) is 0 Å². The topological polar surface area (TPSA) is 63.2 Å². The van der Waals surface area contributed by atoms with Crippen LogP contribution in [0.4, 0.5) is 0 Å². The molecule has 1 saturated carbocycles. The Hall–Kier alpha value is 0.460. The van der Waals surface area contributed by atoms with Crippen molar-refractivity contribution in [2.45, 2.75) is 44.9 Å². The summed E-state index contributed by atoms with van der Waals surface area (Å²) in [5, 5.41) is -0.894. The molecule has 0 unspecified atom stereocenters. The average molecular weight is 312 g/mol. The SMILES string of the molecule is CCOP(=O)(OCC)C1(OP2OCCO2)CCCC1. The Labute approximate surface area is 115 Å². The fraction of sp³-hybridized carbons (Fsp3) is 1.00. The van der Waals surface area contributed by atoms with E-state index >= 15 is 0 Å². The van der Waals surface area contributed by atoms with Crippen LogP contribution in [0.3, 0.4) is 0 Å². The molecule has 0 N–H and O–H groups in total. The number of rotatable bonds is 7. The normalized spacial score (nSPS) is 24.1. The minimum Gasteiger partial charge on any atom is -0.310 e. The van der Waals surface area contributed by atoms with E-state index in [0.29, 0.717) is 39.3 Å². The molecule has 0 atom stereocenters. The van der Waals surface area contributed by atoms with Gasteiger partial charge < -0.3 is 18.1 Å². The standard InChI is InChI=1S/C11H22O6P2/c1-3-15-19(12,16-4-2)11(7-5-6-8-11)17-18-13-9-10-14-18/h3-10H2,1-2H3. The first-order valence-electron chi connectivity index (χ1n) is 6.80. The zero-order valence-corrected chi connectivity index (χ0v) is 13.3. The van der Waals surface area contributed by atoms with Gasteiger partial charge in [0.25, 0.3) is 0 Å². The van der Waals surface area contributed by atoms with Crippen LogP contribution in [0.25, 0.3) is 0 Å². The van der Waals surface area contributed by atoms with Crippen molar-refractivity contribution in [3.05, 3.63) is 0 Å². The molecule has 0 bridgehead atoms. The van der Waals surface area contributed by atoms with Crippen molar-refractivity contribution in [3.63, 3.8) is 0 Å². The van der Waals surface area contributed by atoms with Gasteiger partial charge in [0.1, 0.15) is 0 Å². The van der Waals surface area contributed by atoms with E-state index in [0.717, 1.165) is 12.8 Å². The molecule has 2 fully saturated rings. The Kier molecular flexibility index (Phi) is 5.79. The van der Waals surface area contributed by atoms with Gasteiger partial charge in [-0.15, -0.1) is 0 Å². The molecule has 1 aliphatic heterocycles. The van der Waals surface area contributed by atoms with Gasteiger partial charge in [0.15, 0.2) is 5.34 Å². The van der Waals surface area contributed by atoms with Crippen LogP contribution in [0.1, 0.15) is 39.5 Å². The summed E-state index contributed by atoms with van der Waals surface area (Å²) in [7, 11) is -4.74. The molecule has 1 aliphatic carbocycles. The Morgan fingerprint density at radius 3 is 2.11 bits per heavy atom. The summed E-state index contributed by atoms with van der Waals surface area (Å²) >= 11 is 0. The molecule has 19 heavy (non-hydrogen) atoms. The highest BCUT2D eigenvalue weighted by atomic mass is 31.2. The summed E-state index contributed by atoms with van der Waals surface area (Å²) in [6.07, 6.45) is 3.23. The second kappa shape index (κ2) is 6.95. The second-order valence-corrected chi connectivity index (χ2v) is 7.94. The average Bonchev–Trinajstić information content (AvgIpc) is 3.02. The third kappa shape index (κ3) is 3.38. The van der Waals surface area contributed by atoms with Gasteiger partial charge in [0.2, 0.25) is 0 Å². The lowest BCUT2D eigenvalue weighted by atomic mass is 10.3. The van der Waals surface area contributed by atoms with E-state index in [1.807, 2.05) is 13.8 Å². The van der Waals surface area contributed by atoms with E-state index in [1.54, 1.807) is 0 Å². The summed E-state index contributed by atoms with van der Waals surface area (Å²) in [6.45, 7) is 5.33. The molecule has 8 heteroatoms. The predicted octanol–water partition coefficient (Wildman–Crippen LogP) is 3.81. The quantitative estimate of drug-likeness (QED) is 0.666. The summed E-state index contributed by atoms with van der Waals surface area (Å²) in [5.74, 6) is 0. The monoisotopic (exact) mass is 312 g/mol. The van der Waals surface area contributed by atoms with Crippen LogP contribution >= 0.6 is 16.2 Å². The van der Waals surface area contributed by atoms with Crippen LogP contribution in [0.15, 0.2) is 0 Å². The highest BCUT2D eigenvalue weighted by Crippen LogP contribution is 2.70. The Morgan fingerprint density at radius 2 is 1.63 bits per heavy atom. The lowest BCUT2D eigenvalue weighted by Crippen LogP contribution is -2.29. The fourth-order valence-electron chi connectivity index (χ4n) is 2.41. The van der Waals surface area contributed by atoms with Crippen LogP contribution in [0, 0.1) is 0 Å². The van der Waals surface area contributed by atoms with Gasteiger partial charge >= 0.3 is 16.2 Å². The minimum absolute atomic E-state index is 0.335. The minimum atomic E-state index is -3.32. The van der Waals surface area contributed by atoms with Gasteiger partial charge in [-0.05, 0) is 39.5 Å². The molecule has 6 nitrogen and oxygen atoms in total. The summed E-state index contributed by atoms with van der Waals surface area (Å²) < 4.78 is 40.7. The molecule has 1 heterocycles. The molecule has 0 spiro atoms. The maximum atomic E-state index is 13.1. The van der Waals surface area contributed by atoms with Crippen molar-refractivity contribution < 1.29 is 27.2 Å². The lowest BCUT2D eigenvalue weighted by Gasteiger charge is -2.35. The van der Waals surface area contributed by atoms with Crippen molar-refractivity contribution in [3.8, 4) is 0 Å². The molecular weight excluding hydrogens is 290 g/mol. The van der Waals surface area contributed by atoms with Crippen molar-refractivity contribution in [2.75, 3.05) is 26.4 Å². The van der Waals surface area contributed by atoms with E-state index in [9.17, 15) is 4.57 Å². The summed E-state index contributed by atoms with van der Waals surface area (Å²) in [6, 6.07) is 0. The van der Waals surface area contributed by atoms with Gasteiger partial charge in [-0.3, -0.25) is 9.09 Å². The summed E-state index contributed by atoms with van der Waals surface area (Å²) in [5.41, 5.74) is 0. The van der Waals surface area contributed by atoms with Gasteiger partial charge in [0, 0.05) is 0 Å². The third-order valence-electron chi connectivity index (χ3n) is 3.20. The van der Waals surface area contributed by atoms with Crippen LogP contribution in [-0.4, -0.2) is 31.8 Å². The van der Waals surface area contributed by atoms with Crippen molar-refractivity contribution in [2.24, 2.45) is 0 Å². The zero-order valence-electron chi connectivity index (χ0n) is 11.5. The largest absolute Gasteiger partial charge is 0.362 e. The van der Waals surface area contributed by atoms with Gasteiger partial charge in [-0.25, -0.2) is 0 Å². The van der Waals surface area contributed by atoms with Gasteiger partial charge in [-0.2, -0.15) is 0 Å². The molecule has 112 valence electrons. The molecule has 0 aromatic carbocycles. The van der Waals surface area contributed by atoms with Crippen LogP contribution in [-0.2, 0) is 27.2 Å². The molecule has 0 radical (unpaired) electrons. The molecular formula is C11H22O6P2. The molecule has 0 aromatic heterocycles. The lowest BCUT2D eigenvalue weighted by molar-refractivity contribution is 0.0795. The molecule has 0 aromatic rings. The maximum Gasteiger partial charge on any atom is 0.362 e. The molecule has 1 saturated heterocycles. The van der Waals surface area contributed by atoms with Crippen molar-refractivity contribution in [1.29, 1.82) is 0 Å². The van der Waals surface area contributed by atoms with E-state index in [2.05, 4.69) is 0 Å². The maximum absolute atomic E-state index is 13.1. The van der Waals surface area contributed by atoms with Crippen LogP contribution in [0.5, 0.6) is 0 Å². The fourth-order valence-corrected chi connectivity index (χ4v) is 6.18. The molecule has 2 aliphatic rings. The van der Waals surface area contributed by atoms with Gasteiger partial charge in [0.05, 0.1) is 26.4 Å². The summed E-state index contributed by atoms with van der Waals surface area (Å²) in [4.78, 5) is 0. The number of hydrogen-bond acceptors (Lipinski definition) is 6. The van der Waals surface area contributed by atoms with E-state index in [4.69, 9.17) is 22.6 Å². The highest BCUT2D eigenvalue weighted by molar-refractivity contribution is 7.56. The first-order chi connectivity index (χ1) is 9.16. The smallest absolute Gasteiger partial charge is 0.310 e. The zero-order chi connectivity index (χ0) is 13.8. The Balaban J connectivity index is 2.17. The Bertz CT molecular complexity index is 315. The van der Waals surface area contributed by atoms with Crippen molar-refractivity contribution >= 4 is 16.2 Å². The van der Waals surface area contributed by atoms with Crippen LogP contribution in [0.2, 0.25) is 0 Å². The third-order valence-corrected chi connectivity index (χ3v) is 7.37. The molecule has 2 rings (SSSR count). The first-order valence-corrected chi connectivity index (χ1v) is 9.44. The first kappa shape index (κ1) is 15.8. The Morgan fingerprint density at radius 1 is 1.11 bits per heavy atom.